The van der Waals surface area contributed by atoms with Gasteiger partial charge in [0.05, 0.1) is 5.02 Å². The van der Waals surface area contributed by atoms with E-state index in [0.29, 0.717) is 16.3 Å². The minimum absolute atomic E-state index is 0.306. The first-order valence-corrected chi connectivity index (χ1v) is 5.18. The van der Waals surface area contributed by atoms with E-state index >= 15 is 0 Å². The third kappa shape index (κ3) is 3.82. The maximum absolute atomic E-state index is 10.4. The van der Waals surface area contributed by atoms with Gasteiger partial charge >= 0.3 is 5.97 Å². The van der Waals surface area contributed by atoms with Crippen molar-refractivity contribution in [3.8, 4) is 11.8 Å². The molecule has 1 aromatic carbocycles. The molecule has 0 amide bonds. The van der Waals surface area contributed by atoms with Crippen molar-refractivity contribution in [2.24, 2.45) is 0 Å². The number of hydrogen-bond donors (Lipinski definition) is 1. The molecule has 0 saturated heterocycles. The Kier molecular flexibility index (Phi) is 4.56. The number of ether oxygens (including phenoxy) is 1. The lowest BCUT2D eigenvalue weighted by Gasteiger charge is -2.12. The van der Waals surface area contributed by atoms with Crippen LogP contribution in [0.1, 0.15) is 12.5 Å². The zero-order chi connectivity index (χ0) is 12.8. The van der Waals surface area contributed by atoms with Gasteiger partial charge in [-0.1, -0.05) is 23.7 Å². The van der Waals surface area contributed by atoms with E-state index in [-0.39, 0.29) is 0 Å². The molecular weight excluding hydrogens is 242 g/mol. The Morgan fingerprint density at radius 2 is 2.35 bits per heavy atom. The highest BCUT2D eigenvalue weighted by Gasteiger charge is 2.10. The molecule has 0 heterocycles. The molecule has 0 saturated carbocycles. The van der Waals surface area contributed by atoms with Crippen molar-refractivity contribution in [3.63, 3.8) is 0 Å². The fourth-order valence-corrected chi connectivity index (χ4v) is 1.37. The molecule has 1 unspecified atom stereocenters. The summed E-state index contributed by atoms with van der Waals surface area (Å²) in [6.07, 6.45) is 1.69. The summed E-state index contributed by atoms with van der Waals surface area (Å²) in [6, 6.07) is 6.85. The first-order chi connectivity index (χ1) is 8.04. The Labute approximate surface area is 104 Å². The predicted octanol–water partition coefficient (Wildman–Crippen LogP) is 2.73. The number of hydrogen-bond acceptors (Lipinski definition) is 3. The van der Waals surface area contributed by atoms with Gasteiger partial charge in [-0.3, -0.25) is 0 Å². The molecule has 4 nitrogen and oxygen atoms in total. The third-order valence-corrected chi connectivity index (χ3v) is 2.18. The number of nitriles is 1. The van der Waals surface area contributed by atoms with E-state index in [2.05, 4.69) is 0 Å². The molecule has 1 rings (SSSR count). The predicted molar refractivity (Wildman–Crippen MR) is 63.8 cm³/mol. The van der Waals surface area contributed by atoms with Crippen LogP contribution in [-0.2, 0) is 4.79 Å². The Hall–Kier alpha value is -1.99. The smallest absolute Gasteiger partial charge is 0.328 e. The topological polar surface area (TPSA) is 70.3 Å². The van der Waals surface area contributed by atoms with Crippen LogP contribution >= 0.6 is 11.6 Å². The maximum atomic E-state index is 10.4. The normalized spacial score (nSPS) is 12.1. The van der Waals surface area contributed by atoms with Crippen molar-refractivity contribution in [1.29, 1.82) is 5.26 Å². The van der Waals surface area contributed by atoms with Crippen molar-refractivity contribution in [2.75, 3.05) is 0 Å². The molecule has 0 aromatic heterocycles. The average molecular weight is 252 g/mol. The van der Waals surface area contributed by atoms with Gasteiger partial charge in [0.25, 0.3) is 0 Å². The molecule has 1 atom stereocenters. The number of carboxylic acid groups (broad SMARTS) is 1. The third-order valence-electron chi connectivity index (χ3n) is 1.88. The van der Waals surface area contributed by atoms with E-state index < -0.39 is 12.1 Å². The van der Waals surface area contributed by atoms with E-state index in [1.54, 1.807) is 25.1 Å². The van der Waals surface area contributed by atoms with Gasteiger partial charge in [-0.05, 0) is 19.1 Å². The van der Waals surface area contributed by atoms with Crippen molar-refractivity contribution in [2.45, 2.75) is 13.0 Å². The second-order valence-electron chi connectivity index (χ2n) is 3.22. The SMILES string of the molecule is CC(C#N)Oc1c(Cl)cccc1/C=C/C(=O)O. The Bertz CT molecular complexity index is 491. The quantitative estimate of drug-likeness (QED) is 0.836. The molecule has 1 aromatic rings. The van der Waals surface area contributed by atoms with E-state index in [0.717, 1.165) is 6.08 Å². The van der Waals surface area contributed by atoms with Crippen LogP contribution in [0.15, 0.2) is 24.3 Å². The summed E-state index contributed by atoms with van der Waals surface area (Å²) in [7, 11) is 0. The number of carboxylic acids is 1. The van der Waals surface area contributed by atoms with Gasteiger partial charge in [0.1, 0.15) is 11.8 Å². The summed E-state index contributed by atoms with van der Waals surface area (Å²) in [5, 5.41) is 17.5. The lowest BCUT2D eigenvalue weighted by Crippen LogP contribution is -2.09. The van der Waals surface area contributed by atoms with Crippen LogP contribution in [0.3, 0.4) is 0 Å². The van der Waals surface area contributed by atoms with Gasteiger partial charge in [0, 0.05) is 11.6 Å². The van der Waals surface area contributed by atoms with Crippen LogP contribution in [0.2, 0.25) is 5.02 Å². The van der Waals surface area contributed by atoms with Crippen LogP contribution in [-0.4, -0.2) is 17.2 Å². The number of carbonyl (C=O) groups is 1. The Morgan fingerprint density at radius 1 is 1.65 bits per heavy atom. The van der Waals surface area contributed by atoms with Gasteiger partial charge < -0.3 is 9.84 Å². The average Bonchev–Trinajstić information content (AvgIpc) is 2.29. The van der Waals surface area contributed by atoms with Gasteiger partial charge in [-0.15, -0.1) is 0 Å². The molecule has 88 valence electrons. The molecular formula is C12H10ClNO3. The van der Waals surface area contributed by atoms with E-state index in [9.17, 15) is 4.79 Å². The first kappa shape index (κ1) is 13.1. The fourth-order valence-electron chi connectivity index (χ4n) is 1.15. The highest BCUT2D eigenvalue weighted by Crippen LogP contribution is 2.30. The maximum Gasteiger partial charge on any atom is 0.328 e. The zero-order valence-electron chi connectivity index (χ0n) is 9.05. The molecule has 1 N–H and O–H groups in total. The number of para-hydroxylation sites is 1. The van der Waals surface area contributed by atoms with Crippen LogP contribution in [0.5, 0.6) is 5.75 Å². The van der Waals surface area contributed by atoms with E-state index in [4.69, 9.17) is 26.7 Å². The Balaban J connectivity index is 3.09. The summed E-state index contributed by atoms with van der Waals surface area (Å²) in [5.74, 6) is -0.759. The highest BCUT2D eigenvalue weighted by atomic mass is 35.5. The summed E-state index contributed by atoms with van der Waals surface area (Å²) in [6.45, 7) is 1.58. The fraction of sp³-hybridized carbons (Fsp3) is 0.167. The standard InChI is InChI=1S/C12H10ClNO3/c1-8(7-14)17-12-9(5-6-11(15)16)3-2-4-10(12)13/h2-6,8H,1H3,(H,15,16)/b6-5+. The Morgan fingerprint density at radius 3 is 2.94 bits per heavy atom. The second kappa shape index (κ2) is 5.92. The lowest BCUT2D eigenvalue weighted by molar-refractivity contribution is -0.131. The van der Waals surface area contributed by atoms with Gasteiger partial charge in [-0.25, -0.2) is 4.79 Å². The van der Waals surface area contributed by atoms with Crippen molar-refractivity contribution in [1.82, 2.24) is 0 Å². The minimum Gasteiger partial charge on any atom is -0.478 e. The number of halogens is 1. The second-order valence-corrected chi connectivity index (χ2v) is 3.63. The summed E-state index contributed by atoms with van der Waals surface area (Å²) >= 11 is 5.93. The van der Waals surface area contributed by atoms with Crippen molar-refractivity contribution in [3.05, 3.63) is 34.9 Å². The van der Waals surface area contributed by atoms with Gasteiger partial charge in [0.15, 0.2) is 6.10 Å². The molecule has 0 fully saturated rings. The number of rotatable bonds is 4. The number of nitrogens with zero attached hydrogens (tertiary/aromatic N) is 1. The molecule has 0 aliphatic rings. The van der Waals surface area contributed by atoms with E-state index in [1.807, 2.05) is 6.07 Å². The highest BCUT2D eigenvalue weighted by molar-refractivity contribution is 6.32. The summed E-state index contributed by atoms with van der Waals surface area (Å²) in [5.41, 5.74) is 0.516. The molecule has 0 radical (unpaired) electrons. The monoisotopic (exact) mass is 251 g/mol. The molecule has 0 aliphatic carbocycles. The van der Waals surface area contributed by atoms with Gasteiger partial charge in [-0.2, -0.15) is 5.26 Å². The van der Waals surface area contributed by atoms with Crippen molar-refractivity contribution >= 4 is 23.6 Å². The molecule has 0 spiro atoms. The molecule has 0 bridgehead atoms. The van der Waals surface area contributed by atoms with Crippen LogP contribution < -0.4 is 4.74 Å². The lowest BCUT2D eigenvalue weighted by atomic mass is 10.2. The number of benzene rings is 1. The summed E-state index contributed by atoms with van der Waals surface area (Å²) < 4.78 is 5.32. The van der Waals surface area contributed by atoms with Crippen molar-refractivity contribution < 1.29 is 14.6 Å². The van der Waals surface area contributed by atoms with Gasteiger partial charge in [0.2, 0.25) is 0 Å². The molecule has 17 heavy (non-hydrogen) atoms. The zero-order valence-corrected chi connectivity index (χ0v) is 9.81. The molecule has 5 heteroatoms. The first-order valence-electron chi connectivity index (χ1n) is 4.80. The van der Waals surface area contributed by atoms with Crippen LogP contribution in [0, 0.1) is 11.3 Å². The van der Waals surface area contributed by atoms with Crippen LogP contribution in [0.4, 0.5) is 0 Å². The van der Waals surface area contributed by atoms with E-state index in [1.165, 1.54) is 6.08 Å². The molecule has 0 aliphatic heterocycles. The number of aliphatic carboxylic acids is 1. The van der Waals surface area contributed by atoms with Crippen LogP contribution in [0.25, 0.3) is 6.08 Å². The largest absolute Gasteiger partial charge is 0.478 e. The minimum atomic E-state index is -1.07. The summed E-state index contributed by atoms with van der Waals surface area (Å²) in [4.78, 5) is 10.4.